The molecule has 1 aliphatic carbocycles. The fraction of sp³-hybridized carbons (Fsp3) is 0.409. The number of aromatic nitrogens is 2. The maximum Gasteiger partial charge on any atom is 0.555 e. The zero-order valence-corrected chi connectivity index (χ0v) is 18.0. The largest absolute Gasteiger partial charge is 0.555 e. The van der Waals surface area contributed by atoms with Gasteiger partial charge < -0.3 is 20.7 Å². The predicted octanol–water partition coefficient (Wildman–Crippen LogP) is 3.49. The molecule has 2 aromatic rings. The molecule has 2 heterocycles. The van der Waals surface area contributed by atoms with Crippen molar-refractivity contribution < 1.29 is 14.5 Å². The van der Waals surface area contributed by atoms with E-state index < -0.39 is 13.0 Å². The summed E-state index contributed by atoms with van der Waals surface area (Å²) >= 11 is 0. The molecule has 0 radical (unpaired) electrons. The Labute approximate surface area is 181 Å². The van der Waals surface area contributed by atoms with Gasteiger partial charge in [-0.2, -0.15) is 10.4 Å². The van der Waals surface area contributed by atoms with Gasteiger partial charge >= 0.3 is 7.12 Å². The summed E-state index contributed by atoms with van der Waals surface area (Å²) in [7, 11) is -0.953. The highest BCUT2D eigenvalue weighted by Crippen LogP contribution is 2.39. The van der Waals surface area contributed by atoms with Crippen molar-refractivity contribution in [1.29, 1.82) is 5.26 Å². The van der Waals surface area contributed by atoms with Crippen molar-refractivity contribution in [3.05, 3.63) is 40.5 Å². The molecule has 1 fully saturated rings. The Morgan fingerprint density at radius 2 is 2.10 bits per heavy atom. The highest BCUT2D eigenvalue weighted by atomic mass is 16.5. The van der Waals surface area contributed by atoms with Crippen molar-refractivity contribution in [2.75, 3.05) is 5.32 Å². The first kappa shape index (κ1) is 21.0. The van der Waals surface area contributed by atoms with E-state index in [1.807, 2.05) is 32.9 Å². The van der Waals surface area contributed by atoms with E-state index >= 15 is 0 Å². The summed E-state index contributed by atoms with van der Waals surface area (Å²) < 4.78 is 7.38. The number of hydrogen-bond acceptors (Lipinski definition) is 6. The lowest BCUT2D eigenvalue weighted by Crippen LogP contribution is -2.28. The lowest BCUT2D eigenvalue weighted by molar-refractivity contribution is 0.100. The first-order valence-electron chi connectivity index (χ1n) is 10.5. The first-order chi connectivity index (χ1) is 14.8. The maximum atomic E-state index is 12.1. The van der Waals surface area contributed by atoms with Gasteiger partial charge in [0.1, 0.15) is 11.3 Å². The van der Waals surface area contributed by atoms with Crippen molar-refractivity contribution >= 4 is 30.1 Å². The van der Waals surface area contributed by atoms with E-state index in [0.717, 1.165) is 53.5 Å². The van der Waals surface area contributed by atoms with Crippen molar-refractivity contribution in [3.8, 4) is 11.8 Å². The molecule has 2 aliphatic rings. The summed E-state index contributed by atoms with van der Waals surface area (Å²) in [4.78, 5) is 12.1. The summed E-state index contributed by atoms with van der Waals surface area (Å²) in [5.41, 5.74) is 10.1. The van der Waals surface area contributed by atoms with Gasteiger partial charge in [-0.3, -0.25) is 9.48 Å². The minimum Gasteiger partial charge on any atom is -0.532 e. The standard InChI is InChI=1S/C22H26BN5O3/c1-12-8-16(9-17-13(2)14(3)23(30)31-20(12)17)26-22-18(21(25)29)11-28(27-22)19-7-5-4-6-15(19)10-24/h8-9,11,15,19,30H,4-7H2,1-3H3,(H2,25,29)(H,26,27)/t15-,19?/m1/s1. The van der Waals surface area contributed by atoms with Crippen LogP contribution in [0.2, 0.25) is 0 Å². The summed E-state index contributed by atoms with van der Waals surface area (Å²) in [6.07, 6.45) is 5.37. The number of carbonyl (C=O) groups excluding carboxylic acids is 1. The van der Waals surface area contributed by atoms with E-state index in [0.29, 0.717) is 11.6 Å². The smallest absolute Gasteiger partial charge is 0.532 e. The molecule has 31 heavy (non-hydrogen) atoms. The molecule has 160 valence electrons. The van der Waals surface area contributed by atoms with Gasteiger partial charge in [0.15, 0.2) is 5.82 Å². The topological polar surface area (TPSA) is 126 Å². The van der Waals surface area contributed by atoms with Crippen molar-refractivity contribution in [1.82, 2.24) is 9.78 Å². The molecule has 0 saturated heterocycles. The quantitative estimate of drug-likeness (QED) is 0.652. The number of hydrogen-bond donors (Lipinski definition) is 3. The van der Waals surface area contributed by atoms with Crippen LogP contribution in [0.25, 0.3) is 5.57 Å². The molecule has 1 aromatic heterocycles. The summed E-state index contributed by atoms with van der Waals surface area (Å²) in [5, 5.41) is 27.5. The molecule has 8 nitrogen and oxygen atoms in total. The molecular weight excluding hydrogens is 393 g/mol. The minimum absolute atomic E-state index is 0.0691. The molecular formula is C22H26BN5O3. The number of amides is 1. The lowest BCUT2D eigenvalue weighted by Gasteiger charge is -2.26. The van der Waals surface area contributed by atoms with Gasteiger partial charge in [0.05, 0.1) is 18.0 Å². The molecule has 4 rings (SSSR count). The Bertz CT molecular complexity index is 1120. The molecule has 1 aliphatic heterocycles. The zero-order valence-electron chi connectivity index (χ0n) is 18.0. The zero-order chi connectivity index (χ0) is 22.3. The van der Waals surface area contributed by atoms with E-state index in [9.17, 15) is 15.1 Å². The van der Waals surface area contributed by atoms with E-state index in [1.54, 1.807) is 10.9 Å². The van der Waals surface area contributed by atoms with Crippen LogP contribution in [0.5, 0.6) is 5.75 Å². The highest BCUT2D eigenvalue weighted by molar-refractivity contribution is 6.55. The number of fused-ring (bicyclic) bond motifs is 1. The number of nitrogens with two attached hydrogens (primary N) is 1. The number of anilines is 2. The number of benzene rings is 1. The summed E-state index contributed by atoms with van der Waals surface area (Å²) in [6.45, 7) is 5.68. The number of nitriles is 1. The number of aryl methyl sites for hydroxylation is 1. The van der Waals surface area contributed by atoms with Gasteiger partial charge in [-0.1, -0.05) is 12.8 Å². The second kappa shape index (κ2) is 8.12. The average Bonchev–Trinajstić information content (AvgIpc) is 3.17. The van der Waals surface area contributed by atoms with Crippen LogP contribution in [-0.2, 0) is 0 Å². The summed E-state index contributed by atoms with van der Waals surface area (Å²) in [6, 6.07) is 6.10. The first-order valence-corrected chi connectivity index (χ1v) is 10.5. The Balaban J connectivity index is 1.71. The maximum absolute atomic E-state index is 12.1. The van der Waals surface area contributed by atoms with Crippen molar-refractivity contribution in [3.63, 3.8) is 0 Å². The van der Waals surface area contributed by atoms with E-state index in [4.69, 9.17) is 10.4 Å². The third kappa shape index (κ3) is 3.79. The number of carbonyl (C=O) groups is 1. The third-order valence-corrected chi connectivity index (χ3v) is 6.37. The third-order valence-electron chi connectivity index (χ3n) is 6.37. The van der Waals surface area contributed by atoms with E-state index in [1.165, 1.54) is 0 Å². The molecule has 0 bridgehead atoms. The van der Waals surface area contributed by atoms with Crippen LogP contribution in [0, 0.1) is 24.2 Å². The molecule has 9 heteroatoms. The van der Waals surface area contributed by atoms with Crippen LogP contribution >= 0.6 is 0 Å². The van der Waals surface area contributed by atoms with Gasteiger partial charge in [0.25, 0.3) is 5.91 Å². The number of nitrogens with zero attached hydrogens (tertiary/aromatic N) is 3. The van der Waals surface area contributed by atoms with Gasteiger partial charge in [-0.25, -0.2) is 0 Å². The van der Waals surface area contributed by atoms with Crippen molar-refractivity contribution in [2.45, 2.75) is 52.5 Å². The van der Waals surface area contributed by atoms with Crippen molar-refractivity contribution in [2.24, 2.45) is 11.7 Å². The average molecular weight is 419 g/mol. The second-order valence-corrected chi connectivity index (χ2v) is 8.40. The summed E-state index contributed by atoms with van der Waals surface area (Å²) in [5.74, 6) is 0.295. The van der Waals surface area contributed by atoms with E-state index in [-0.39, 0.29) is 17.5 Å². The Kier molecular flexibility index (Phi) is 5.50. The molecule has 1 unspecified atom stereocenters. The van der Waals surface area contributed by atoms with Gasteiger partial charge in [0.2, 0.25) is 0 Å². The molecule has 1 aromatic carbocycles. The lowest BCUT2D eigenvalue weighted by atomic mass is 9.73. The fourth-order valence-electron chi connectivity index (χ4n) is 4.43. The number of rotatable bonds is 4. The highest BCUT2D eigenvalue weighted by Gasteiger charge is 2.31. The number of allylic oxidation sites excluding steroid dienone is 2. The number of primary amides is 1. The Morgan fingerprint density at radius 3 is 2.81 bits per heavy atom. The van der Waals surface area contributed by atoms with Crippen LogP contribution in [0.1, 0.15) is 67.1 Å². The normalized spacial score (nSPS) is 20.7. The van der Waals surface area contributed by atoms with Crippen LogP contribution in [0.3, 0.4) is 0 Å². The SMILES string of the molecule is CC1=C(C)c2cc(Nc3nn(C4CCCC[C@@H]4C#N)cc3C(N)=O)cc(C)c2OB1O. The Morgan fingerprint density at radius 1 is 1.35 bits per heavy atom. The minimum atomic E-state index is -0.953. The fourth-order valence-corrected chi connectivity index (χ4v) is 4.43. The van der Waals surface area contributed by atoms with E-state index in [2.05, 4.69) is 16.5 Å². The molecule has 1 amide bonds. The molecule has 2 atom stereocenters. The molecule has 4 N–H and O–H groups in total. The van der Waals surface area contributed by atoms with Crippen LogP contribution in [0.15, 0.2) is 23.8 Å². The Hall–Kier alpha value is -3.25. The van der Waals surface area contributed by atoms with Crippen LogP contribution in [-0.4, -0.2) is 27.8 Å². The van der Waals surface area contributed by atoms with Gasteiger partial charge in [0, 0.05) is 17.4 Å². The van der Waals surface area contributed by atoms with Crippen LogP contribution in [0.4, 0.5) is 11.5 Å². The van der Waals surface area contributed by atoms with Crippen LogP contribution < -0.4 is 15.7 Å². The second-order valence-electron chi connectivity index (χ2n) is 8.40. The monoisotopic (exact) mass is 419 g/mol. The molecule has 1 saturated carbocycles. The predicted molar refractivity (Wildman–Crippen MR) is 119 cm³/mol. The number of nitrogens with one attached hydrogen (secondary N) is 1. The van der Waals surface area contributed by atoms with Gasteiger partial charge in [-0.05, 0) is 62.4 Å². The van der Waals surface area contributed by atoms with Gasteiger partial charge in [-0.15, -0.1) is 0 Å². The molecule has 0 spiro atoms.